The van der Waals surface area contributed by atoms with Crippen molar-refractivity contribution in [3.63, 3.8) is 0 Å². The number of anilines is 1. The molecule has 21 heavy (non-hydrogen) atoms. The Balaban J connectivity index is 1.97. The van der Waals surface area contributed by atoms with Crippen molar-refractivity contribution in [2.45, 2.75) is 18.9 Å². The Kier molecular flexibility index (Phi) is 5.16. The van der Waals surface area contributed by atoms with Crippen molar-refractivity contribution >= 4 is 17.6 Å². The number of carbonyl (C=O) groups excluding carboxylic acids is 2. The summed E-state index contributed by atoms with van der Waals surface area (Å²) in [5.41, 5.74) is 0.624. The first-order valence-corrected chi connectivity index (χ1v) is 6.90. The zero-order chi connectivity index (χ0) is 15.2. The quantitative estimate of drug-likeness (QED) is 0.828. The van der Waals surface area contributed by atoms with Gasteiger partial charge in [0, 0.05) is 0 Å². The summed E-state index contributed by atoms with van der Waals surface area (Å²) in [5, 5.41) is 2.81. The first kappa shape index (κ1) is 15.3. The smallest absolute Gasteiger partial charge is 0.323 e. The van der Waals surface area contributed by atoms with Gasteiger partial charge >= 0.3 is 5.97 Å². The lowest BCUT2D eigenvalue weighted by Crippen LogP contribution is -2.41. The molecule has 0 aliphatic carbocycles. The van der Waals surface area contributed by atoms with Crippen LogP contribution in [0.5, 0.6) is 5.75 Å². The number of nitrogens with one attached hydrogen (secondary N) is 1. The minimum absolute atomic E-state index is 0.164. The van der Waals surface area contributed by atoms with Gasteiger partial charge in [-0.3, -0.25) is 14.5 Å². The lowest BCUT2D eigenvalue weighted by molar-refractivity contribution is -0.146. The monoisotopic (exact) mass is 292 g/mol. The molecular formula is C15H20N2O4. The first-order valence-electron chi connectivity index (χ1n) is 6.90. The van der Waals surface area contributed by atoms with E-state index in [2.05, 4.69) is 5.32 Å². The Morgan fingerprint density at radius 2 is 2.10 bits per heavy atom. The summed E-state index contributed by atoms with van der Waals surface area (Å²) in [4.78, 5) is 25.6. The van der Waals surface area contributed by atoms with E-state index in [1.807, 2.05) is 17.0 Å². The predicted octanol–water partition coefficient (Wildman–Crippen LogP) is 1.27. The zero-order valence-corrected chi connectivity index (χ0v) is 12.3. The second kappa shape index (κ2) is 7.08. The minimum atomic E-state index is -0.321. The summed E-state index contributed by atoms with van der Waals surface area (Å²) in [6, 6.07) is 6.90. The van der Waals surface area contributed by atoms with Crippen LogP contribution in [-0.4, -0.2) is 50.1 Å². The van der Waals surface area contributed by atoms with Crippen LogP contribution in [0, 0.1) is 0 Å². The Bertz CT molecular complexity index is 518. The highest BCUT2D eigenvalue weighted by atomic mass is 16.5. The summed E-state index contributed by atoms with van der Waals surface area (Å²) in [5.74, 6) is 0.157. The van der Waals surface area contributed by atoms with Crippen LogP contribution in [0.25, 0.3) is 0 Å². The second-order valence-electron chi connectivity index (χ2n) is 4.90. The van der Waals surface area contributed by atoms with Crippen LogP contribution >= 0.6 is 0 Å². The van der Waals surface area contributed by atoms with Gasteiger partial charge in [-0.2, -0.15) is 0 Å². The maximum atomic E-state index is 12.1. The molecule has 1 atom stereocenters. The standard InChI is InChI=1S/C15H20N2O4/c1-20-13-8-4-3-6-11(13)16-14(18)10-17-9-5-7-12(17)15(19)21-2/h3-4,6,8,12H,5,7,9-10H2,1-2H3,(H,16,18). The van der Waals surface area contributed by atoms with E-state index in [0.29, 0.717) is 11.4 Å². The lowest BCUT2D eigenvalue weighted by atomic mass is 10.2. The highest BCUT2D eigenvalue weighted by molar-refractivity contribution is 5.94. The number of nitrogens with zero attached hydrogens (tertiary/aromatic N) is 1. The topological polar surface area (TPSA) is 67.9 Å². The molecule has 6 heteroatoms. The molecule has 1 fully saturated rings. The van der Waals surface area contributed by atoms with E-state index >= 15 is 0 Å². The molecule has 1 aliphatic heterocycles. The average molecular weight is 292 g/mol. The molecule has 1 heterocycles. The fourth-order valence-electron chi connectivity index (χ4n) is 2.54. The second-order valence-corrected chi connectivity index (χ2v) is 4.90. The number of methoxy groups -OCH3 is 2. The summed E-state index contributed by atoms with van der Waals surface area (Å²) >= 11 is 0. The molecule has 1 N–H and O–H groups in total. The van der Waals surface area contributed by atoms with Gasteiger partial charge in [0.15, 0.2) is 0 Å². The molecule has 0 radical (unpaired) electrons. The number of hydrogen-bond acceptors (Lipinski definition) is 5. The summed E-state index contributed by atoms with van der Waals surface area (Å²) in [6.07, 6.45) is 1.62. The third-order valence-corrected chi connectivity index (χ3v) is 3.56. The molecule has 0 aromatic heterocycles. The van der Waals surface area contributed by atoms with Gasteiger partial charge < -0.3 is 14.8 Å². The first-order chi connectivity index (χ1) is 10.2. The Labute approximate surface area is 124 Å². The van der Waals surface area contributed by atoms with Crippen LogP contribution in [0.1, 0.15) is 12.8 Å². The number of para-hydroxylation sites is 2. The van der Waals surface area contributed by atoms with Crippen molar-refractivity contribution in [3.8, 4) is 5.75 Å². The van der Waals surface area contributed by atoms with Gasteiger partial charge in [-0.25, -0.2) is 0 Å². The van der Waals surface area contributed by atoms with E-state index in [1.54, 1.807) is 19.2 Å². The number of likely N-dealkylation sites (tertiary alicyclic amines) is 1. The normalized spacial score (nSPS) is 18.3. The van der Waals surface area contributed by atoms with Gasteiger partial charge in [0.25, 0.3) is 0 Å². The van der Waals surface area contributed by atoms with Gasteiger partial charge in [0.05, 0.1) is 26.5 Å². The van der Waals surface area contributed by atoms with E-state index in [1.165, 1.54) is 7.11 Å². The number of rotatable bonds is 5. The molecule has 0 saturated carbocycles. The molecule has 0 spiro atoms. The molecule has 2 rings (SSSR count). The molecule has 1 aliphatic rings. The molecular weight excluding hydrogens is 272 g/mol. The van der Waals surface area contributed by atoms with Crippen molar-refractivity contribution < 1.29 is 19.1 Å². The van der Waals surface area contributed by atoms with Crippen molar-refractivity contribution in [3.05, 3.63) is 24.3 Å². The molecule has 1 saturated heterocycles. The van der Waals surface area contributed by atoms with Crippen molar-refractivity contribution in [2.24, 2.45) is 0 Å². The zero-order valence-electron chi connectivity index (χ0n) is 12.3. The van der Waals surface area contributed by atoms with E-state index < -0.39 is 0 Å². The predicted molar refractivity (Wildman–Crippen MR) is 78.2 cm³/mol. The minimum Gasteiger partial charge on any atom is -0.495 e. The number of hydrogen-bond donors (Lipinski definition) is 1. The molecule has 1 aromatic rings. The third kappa shape index (κ3) is 3.72. The van der Waals surface area contributed by atoms with E-state index in [4.69, 9.17) is 9.47 Å². The molecule has 6 nitrogen and oxygen atoms in total. The van der Waals surface area contributed by atoms with Crippen LogP contribution in [0.15, 0.2) is 24.3 Å². The Morgan fingerprint density at radius 3 is 2.81 bits per heavy atom. The summed E-state index contributed by atoms with van der Waals surface area (Å²) in [6.45, 7) is 0.886. The van der Waals surface area contributed by atoms with E-state index in [0.717, 1.165) is 19.4 Å². The molecule has 1 aromatic carbocycles. The largest absolute Gasteiger partial charge is 0.495 e. The van der Waals surface area contributed by atoms with Crippen LogP contribution in [0.2, 0.25) is 0 Å². The lowest BCUT2D eigenvalue weighted by Gasteiger charge is -2.21. The van der Waals surface area contributed by atoms with Crippen LogP contribution < -0.4 is 10.1 Å². The fraction of sp³-hybridized carbons (Fsp3) is 0.467. The molecule has 1 amide bonds. The highest BCUT2D eigenvalue weighted by Gasteiger charge is 2.32. The van der Waals surface area contributed by atoms with Gasteiger partial charge in [-0.1, -0.05) is 12.1 Å². The van der Waals surface area contributed by atoms with Crippen LogP contribution in [0.3, 0.4) is 0 Å². The van der Waals surface area contributed by atoms with Crippen molar-refractivity contribution in [1.82, 2.24) is 4.90 Å². The number of esters is 1. The number of ether oxygens (including phenoxy) is 2. The number of amides is 1. The number of benzene rings is 1. The number of carbonyl (C=O) groups is 2. The van der Waals surface area contributed by atoms with E-state index in [9.17, 15) is 9.59 Å². The van der Waals surface area contributed by atoms with Gasteiger partial charge in [0.2, 0.25) is 5.91 Å². The van der Waals surface area contributed by atoms with Gasteiger partial charge in [-0.05, 0) is 31.5 Å². The van der Waals surface area contributed by atoms with Crippen molar-refractivity contribution in [1.29, 1.82) is 0 Å². The molecule has 0 bridgehead atoms. The van der Waals surface area contributed by atoms with Crippen LogP contribution in [-0.2, 0) is 14.3 Å². The third-order valence-electron chi connectivity index (χ3n) is 3.56. The SMILES string of the molecule is COC(=O)C1CCCN1CC(=O)Nc1ccccc1OC. The summed E-state index contributed by atoms with van der Waals surface area (Å²) < 4.78 is 9.96. The highest BCUT2D eigenvalue weighted by Crippen LogP contribution is 2.23. The Hall–Kier alpha value is -2.08. The fourth-order valence-corrected chi connectivity index (χ4v) is 2.54. The van der Waals surface area contributed by atoms with Gasteiger partial charge in [0.1, 0.15) is 11.8 Å². The summed E-state index contributed by atoms with van der Waals surface area (Å²) in [7, 11) is 2.92. The van der Waals surface area contributed by atoms with E-state index in [-0.39, 0.29) is 24.5 Å². The van der Waals surface area contributed by atoms with Crippen LogP contribution in [0.4, 0.5) is 5.69 Å². The molecule has 114 valence electrons. The Morgan fingerprint density at radius 1 is 1.33 bits per heavy atom. The van der Waals surface area contributed by atoms with Gasteiger partial charge in [-0.15, -0.1) is 0 Å². The average Bonchev–Trinajstić information content (AvgIpc) is 2.95. The van der Waals surface area contributed by atoms with Crippen molar-refractivity contribution in [2.75, 3.05) is 32.6 Å². The maximum Gasteiger partial charge on any atom is 0.323 e. The molecule has 1 unspecified atom stereocenters. The maximum absolute atomic E-state index is 12.1.